The van der Waals surface area contributed by atoms with Crippen molar-refractivity contribution in [2.45, 2.75) is 33.4 Å². The van der Waals surface area contributed by atoms with Gasteiger partial charge in [0.25, 0.3) is 0 Å². The molecule has 6 nitrogen and oxygen atoms in total. The van der Waals surface area contributed by atoms with E-state index in [-0.39, 0.29) is 24.3 Å². The van der Waals surface area contributed by atoms with Crippen molar-refractivity contribution in [3.63, 3.8) is 0 Å². The predicted molar refractivity (Wildman–Crippen MR) is 117 cm³/mol. The largest absolute Gasteiger partial charge is 0.486 e. The molecule has 2 heterocycles. The molecule has 0 spiro atoms. The van der Waals surface area contributed by atoms with Crippen LogP contribution in [0.1, 0.15) is 39.0 Å². The smallest absolute Gasteiger partial charge is 0.202 e. The maximum atomic E-state index is 12.8. The standard InChI is InChI=1S/C25H25NO5/c1-16-11-22(23(28)15-29-20-8-6-7-19(12-20)18(3)27)17(2)26(16)13-21-14-30-24-9-4-5-10-25(24)31-21/h4-12,21H,13-15H2,1-3H3. The third-order valence-electron chi connectivity index (χ3n) is 5.44. The Balaban J connectivity index is 1.43. The number of hydrogen-bond acceptors (Lipinski definition) is 5. The molecule has 4 rings (SSSR count). The van der Waals surface area contributed by atoms with Crippen LogP contribution < -0.4 is 14.2 Å². The number of carbonyl (C=O) groups excluding carboxylic acids is 2. The molecule has 0 fully saturated rings. The summed E-state index contributed by atoms with van der Waals surface area (Å²) in [7, 11) is 0. The van der Waals surface area contributed by atoms with Gasteiger partial charge in [0, 0.05) is 22.5 Å². The van der Waals surface area contributed by atoms with E-state index in [1.165, 1.54) is 6.92 Å². The number of rotatable bonds is 7. The van der Waals surface area contributed by atoms with Crippen LogP contribution >= 0.6 is 0 Å². The van der Waals surface area contributed by atoms with Crippen molar-refractivity contribution in [3.05, 3.63) is 77.1 Å². The molecule has 0 saturated carbocycles. The Morgan fingerprint density at radius 1 is 1.06 bits per heavy atom. The minimum absolute atomic E-state index is 0.0446. The fourth-order valence-electron chi connectivity index (χ4n) is 3.75. The molecule has 160 valence electrons. The van der Waals surface area contributed by atoms with Crippen molar-refractivity contribution in [2.24, 2.45) is 0 Å². The summed E-state index contributed by atoms with van der Waals surface area (Å²) in [6, 6.07) is 16.3. The number of aromatic nitrogens is 1. The van der Waals surface area contributed by atoms with E-state index in [2.05, 4.69) is 4.57 Å². The highest BCUT2D eigenvalue weighted by atomic mass is 16.6. The first-order valence-corrected chi connectivity index (χ1v) is 10.2. The van der Waals surface area contributed by atoms with Gasteiger partial charge < -0.3 is 18.8 Å². The molecule has 1 aliphatic rings. The minimum Gasteiger partial charge on any atom is -0.486 e. The zero-order valence-electron chi connectivity index (χ0n) is 17.9. The third kappa shape index (κ3) is 4.48. The summed E-state index contributed by atoms with van der Waals surface area (Å²) in [5.74, 6) is 1.83. The van der Waals surface area contributed by atoms with Crippen LogP contribution in [0.25, 0.3) is 0 Å². The molecule has 0 bridgehead atoms. The van der Waals surface area contributed by atoms with Gasteiger partial charge in [-0.3, -0.25) is 9.59 Å². The Bertz CT molecular complexity index is 1130. The summed E-state index contributed by atoms with van der Waals surface area (Å²) in [6.07, 6.45) is -0.145. The molecular formula is C25H25NO5. The van der Waals surface area contributed by atoms with Crippen LogP contribution in [0.4, 0.5) is 0 Å². The normalized spacial score (nSPS) is 14.9. The van der Waals surface area contributed by atoms with E-state index in [4.69, 9.17) is 14.2 Å². The lowest BCUT2D eigenvalue weighted by atomic mass is 10.1. The summed E-state index contributed by atoms with van der Waals surface area (Å²) in [4.78, 5) is 24.3. The maximum absolute atomic E-state index is 12.8. The summed E-state index contributed by atoms with van der Waals surface area (Å²) >= 11 is 0. The fraction of sp³-hybridized carbons (Fsp3) is 0.280. The Kier molecular flexibility index (Phi) is 5.80. The second-order valence-electron chi connectivity index (χ2n) is 7.69. The number of hydrogen-bond donors (Lipinski definition) is 0. The first kappa shape index (κ1) is 20.7. The van der Waals surface area contributed by atoms with Crippen molar-refractivity contribution >= 4 is 11.6 Å². The molecule has 1 unspecified atom stereocenters. The molecule has 3 aromatic rings. The predicted octanol–water partition coefficient (Wildman–Crippen LogP) is 4.41. The first-order chi connectivity index (χ1) is 14.9. The number of Topliss-reactive ketones (excluding diaryl/α,β-unsaturated/α-hetero) is 2. The average Bonchev–Trinajstić information content (AvgIpc) is 3.06. The van der Waals surface area contributed by atoms with Crippen LogP contribution in [0.15, 0.2) is 54.6 Å². The van der Waals surface area contributed by atoms with Crippen LogP contribution in [0, 0.1) is 13.8 Å². The van der Waals surface area contributed by atoms with Crippen molar-refractivity contribution < 1.29 is 23.8 Å². The van der Waals surface area contributed by atoms with Crippen LogP contribution in [0.2, 0.25) is 0 Å². The van der Waals surface area contributed by atoms with Crippen molar-refractivity contribution in [3.8, 4) is 17.2 Å². The van der Waals surface area contributed by atoms with E-state index in [0.29, 0.717) is 30.0 Å². The molecule has 2 aromatic carbocycles. The third-order valence-corrected chi connectivity index (χ3v) is 5.44. The zero-order chi connectivity index (χ0) is 22.0. The Labute approximate surface area is 181 Å². The summed E-state index contributed by atoms with van der Waals surface area (Å²) < 4.78 is 19.6. The SMILES string of the molecule is CC(=O)c1cccc(OCC(=O)c2cc(C)n(CC3COc4ccccc4O3)c2C)c1. The summed E-state index contributed by atoms with van der Waals surface area (Å²) in [5.41, 5.74) is 3.02. The highest BCUT2D eigenvalue weighted by Gasteiger charge is 2.24. The molecule has 0 aliphatic carbocycles. The van der Waals surface area contributed by atoms with Gasteiger partial charge in [0.1, 0.15) is 12.4 Å². The van der Waals surface area contributed by atoms with Crippen LogP contribution in [0.3, 0.4) is 0 Å². The van der Waals surface area contributed by atoms with Crippen LogP contribution in [-0.2, 0) is 6.54 Å². The van der Waals surface area contributed by atoms with E-state index < -0.39 is 0 Å². The fourth-order valence-corrected chi connectivity index (χ4v) is 3.75. The lowest BCUT2D eigenvalue weighted by Gasteiger charge is -2.27. The maximum Gasteiger partial charge on any atom is 0.202 e. The minimum atomic E-state index is -0.145. The molecule has 0 N–H and O–H groups in total. The summed E-state index contributed by atoms with van der Waals surface area (Å²) in [5, 5.41) is 0. The Morgan fingerprint density at radius 2 is 1.84 bits per heavy atom. The number of nitrogens with zero attached hydrogens (tertiary/aromatic N) is 1. The lowest BCUT2D eigenvalue weighted by molar-refractivity contribution is 0.0777. The van der Waals surface area contributed by atoms with Crippen molar-refractivity contribution in [1.29, 1.82) is 0 Å². The number of aryl methyl sites for hydroxylation is 1. The highest BCUT2D eigenvalue weighted by molar-refractivity contribution is 5.98. The molecular weight excluding hydrogens is 394 g/mol. The number of ketones is 2. The second kappa shape index (κ2) is 8.68. The number of ether oxygens (including phenoxy) is 3. The quantitative estimate of drug-likeness (QED) is 0.531. The van der Waals surface area contributed by atoms with E-state index >= 15 is 0 Å². The molecule has 1 aliphatic heterocycles. The molecule has 1 atom stereocenters. The molecule has 6 heteroatoms. The van der Waals surface area contributed by atoms with Gasteiger partial charge in [-0.1, -0.05) is 24.3 Å². The van der Waals surface area contributed by atoms with Gasteiger partial charge in [-0.25, -0.2) is 0 Å². The molecule has 0 amide bonds. The second-order valence-corrected chi connectivity index (χ2v) is 7.69. The van der Waals surface area contributed by atoms with E-state index in [1.54, 1.807) is 24.3 Å². The van der Waals surface area contributed by atoms with Gasteiger partial charge in [0.2, 0.25) is 5.78 Å². The van der Waals surface area contributed by atoms with Gasteiger partial charge in [-0.15, -0.1) is 0 Å². The van der Waals surface area contributed by atoms with Crippen molar-refractivity contribution in [2.75, 3.05) is 13.2 Å². The van der Waals surface area contributed by atoms with E-state index in [9.17, 15) is 9.59 Å². The molecule has 0 saturated heterocycles. The summed E-state index contributed by atoms with van der Waals surface area (Å²) in [6.45, 7) is 6.33. The topological polar surface area (TPSA) is 66.8 Å². The first-order valence-electron chi connectivity index (χ1n) is 10.2. The molecule has 0 radical (unpaired) electrons. The van der Waals surface area contributed by atoms with Gasteiger partial charge in [-0.2, -0.15) is 0 Å². The number of fused-ring (bicyclic) bond motifs is 1. The van der Waals surface area contributed by atoms with Gasteiger partial charge in [0.05, 0.1) is 6.54 Å². The van der Waals surface area contributed by atoms with Gasteiger partial charge in [0.15, 0.2) is 30.0 Å². The average molecular weight is 419 g/mol. The van der Waals surface area contributed by atoms with Crippen LogP contribution in [-0.4, -0.2) is 35.5 Å². The zero-order valence-corrected chi connectivity index (χ0v) is 17.9. The number of para-hydroxylation sites is 2. The number of benzene rings is 2. The van der Waals surface area contributed by atoms with E-state index in [1.807, 2.05) is 44.2 Å². The van der Waals surface area contributed by atoms with E-state index in [0.717, 1.165) is 22.9 Å². The van der Waals surface area contributed by atoms with Gasteiger partial charge >= 0.3 is 0 Å². The Hall–Kier alpha value is -3.54. The highest BCUT2D eigenvalue weighted by Crippen LogP contribution is 2.31. The Morgan fingerprint density at radius 3 is 2.61 bits per heavy atom. The van der Waals surface area contributed by atoms with Gasteiger partial charge in [-0.05, 0) is 51.1 Å². The van der Waals surface area contributed by atoms with Crippen molar-refractivity contribution in [1.82, 2.24) is 4.57 Å². The molecule has 31 heavy (non-hydrogen) atoms. The molecule has 1 aromatic heterocycles. The number of carbonyl (C=O) groups is 2. The van der Waals surface area contributed by atoms with Crippen LogP contribution in [0.5, 0.6) is 17.2 Å². The monoisotopic (exact) mass is 419 g/mol. The lowest BCUT2D eigenvalue weighted by Crippen LogP contribution is -2.33.